The molecule has 0 heterocycles. The van der Waals surface area contributed by atoms with Gasteiger partial charge in [-0.15, -0.1) is 0 Å². The highest BCUT2D eigenvalue weighted by Crippen LogP contribution is 2.52. The van der Waals surface area contributed by atoms with Crippen molar-refractivity contribution in [3.05, 3.63) is 22.3 Å². The molecule has 0 fully saturated rings. The van der Waals surface area contributed by atoms with Crippen LogP contribution in [-0.4, -0.2) is 25.2 Å². The lowest BCUT2D eigenvalue weighted by molar-refractivity contribution is -0.143. The zero-order valence-electron chi connectivity index (χ0n) is 15.1. The first-order valence-corrected chi connectivity index (χ1v) is 8.49. The van der Waals surface area contributed by atoms with Gasteiger partial charge >= 0.3 is 11.9 Å². The van der Waals surface area contributed by atoms with Gasteiger partial charge in [-0.3, -0.25) is 0 Å². The van der Waals surface area contributed by atoms with Crippen molar-refractivity contribution in [2.45, 2.75) is 48.0 Å². The van der Waals surface area contributed by atoms with E-state index >= 15 is 0 Å². The summed E-state index contributed by atoms with van der Waals surface area (Å²) in [6.07, 6.45) is 0.801. The van der Waals surface area contributed by atoms with Crippen molar-refractivity contribution in [1.29, 1.82) is 0 Å². The molecule has 23 heavy (non-hydrogen) atoms. The molecule has 4 heteroatoms. The first kappa shape index (κ1) is 17.8. The molecule has 2 aliphatic carbocycles. The smallest absolute Gasteiger partial charge is 0.335 e. The summed E-state index contributed by atoms with van der Waals surface area (Å²) < 4.78 is 10.8. The average Bonchev–Trinajstić information content (AvgIpc) is 2.99. The van der Waals surface area contributed by atoms with Crippen LogP contribution in [0.15, 0.2) is 22.3 Å². The van der Waals surface area contributed by atoms with Gasteiger partial charge in [-0.2, -0.15) is 0 Å². The van der Waals surface area contributed by atoms with Gasteiger partial charge in [-0.25, -0.2) is 9.59 Å². The average molecular weight is 320 g/mol. The van der Waals surface area contributed by atoms with E-state index in [2.05, 4.69) is 0 Å². The van der Waals surface area contributed by atoms with E-state index in [1.165, 1.54) is 11.1 Å². The number of fused-ring (bicyclic) bond motifs is 2. The minimum absolute atomic E-state index is 0.0151. The van der Waals surface area contributed by atoms with Gasteiger partial charge in [0, 0.05) is 11.8 Å². The summed E-state index contributed by atoms with van der Waals surface area (Å²) in [5, 5.41) is 0. The molecule has 0 saturated carbocycles. The summed E-state index contributed by atoms with van der Waals surface area (Å²) in [6, 6.07) is 0. The maximum atomic E-state index is 12.5. The molecule has 0 aromatic rings. The van der Waals surface area contributed by atoms with Crippen LogP contribution in [0, 0.1) is 23.7 Å². The molecule has 0 aromatic carbocycles. The standard InChI is InChI=1S/C19H28O4/c1-10(2)8-22-18(20)16-14-7-15(13(6)12(14)5)17(16)19(21)23-9-11(3)4/h10-11,14-15H,7-9H2,1-6H3. The van der Waals surface area contributed by atoms with Crippen LogP contribution < -0.4 is 0 Å². The third kappa shape index (κ3) is 3.51. The highest BCUT2D eigenvalue weighted by molar-refractivity contribution is 6.03. The molecule has 2 aliphatic rings. The quantitative estimate of drug-likeness (QED) is 0.553. The second-order valence-corrected chi connectivity index (χ2v) is 7.52. The monoisotopic (exact) mass is 320 g/mol. The highest BCUT2D eigenvalue weighted by atomic mass is 16.5. The molecule has 0 radical (unpaired) electrons. The van der Waals surface area contributed by atoms with E-state index in [0.717, 1.165) is 6.42 Å². The maximum Gasteiger partial charge on any atom is 0.335 e. The van der Waals surface area contributed by atoms with E-state index in [4.69, 9.17) is 9.47 Å². The molecule has 4 nitrogen and oxygen atoms in total. The molecule has 2 unspecified atom stereocenters. The van der Waals surface area contributed by atoms with E-state index in [-0.39, 0.29) is 35.6 Å². The second kappa shape index (κ2) is 6.90. The lowest BCUT2D eigenvalue weighted by Crippen LogP contribution is -2.23. The third-order valence-electron chi connectivity index (χ3n) is 4.66. The van der Waals surface area contributed by atoms with Crippen molar-refractivity contribution in [2.24, 2.45) is 23.7 Å². The largest absolute Gasteiger partial charge is 0.462 e. The number of allylic oxidation sites excluding steroid dienone is 2. The van der Waals surface area contributed by atoms with Gasteiger partial charge < -0.3 is 9.47 Å². The van der Waals surface area contributed by atoms with Crippen LogP contribution in [0.2, 0.25) is 0 Å². The fraction of sp³-hybridized carbons (Fsp3) is 0.684. The summed E-state index contributed by atoms with van der Waals surface area (Å²) in [6.45, 7) is 12.8. The number of hydrogen-bond acceptors (Lipinski definition) is 4. The van der Waals surface area contributed by atoms with Crippen molar-refractivity contribution in [3.8, 4) is 0 Å². The molecular formula is C19H28O4. The molecule has 128 valence electrons. The molecule has 0 N–H and O–H groups in total. The Morgan fingerprint density at radius 1 is 0.870 bits per heavy atom. The zero-order valence-corrected chi connectivity index (χ0v) is 15.1. The number of carbonyl (C=O) groups is 2. The molecule has 0 aliphatic heterocycles. The lowest BCUT2D eigenvalue weighted by atomic mass is 9.87. The number of rotatable bonds is 6. The summed E-state index contributed by atoms with van der Waals surface area (Å²) in [7, 11) is 0. The van der Waals surface area contributed by atoms with Gasteiger partial charge in [0.25, 0.3) is 0 Å². The van der Waals surface area contributed by atoms with Crippen LogP contribution in [-0.2, 0) is 19.1 Å². The van der Waals surface area contributed by atoms with Crippen LogP contribution in [0.1, 0.15) is 48.0 Å². The Kier molecular flexibility index (Phi) is 5.33. The predicted octanol–water partition coefficient (Wildman–Crippen LogP) is 3.67. The Morgan fingerprint density at radius 2 is 1.22 bits per heavy atom. The Morgan fingerprint density at radius 3 is 1.52 bits per heavy atom. The van der Waals surface area contributed by atoms with Crippen molar-refractivity contribution < 1.29 is 19.1 Å². The van der Waals surface area contributed by atoms with E-state index in [1.807, 2.05) is 41.5 Å². The number of carbonyl (C=O) groups excluding carboxylic acids is 2. The van der Waals surface area contributed by atoms with E-state index in [9.17, 15) is 9.59 Å². The van der Waals surface area contributed by atoms with E-state index < -0.39 is 0 Å². The van der Waals surface area contributed by atoms with Gasteiger partial charge in [0.05, 0.1) is 24.4 Å². The van der Waals surface area contributed by atoms with E-state index in [1.54, 1.807) is 0 Å². The molecule has 0 saturated heterocycles. The first-order chi connectivity index (χ1) is 10.7. The summed E-state index contributed by atoms with van der Waals surface area (Å²) in [4.78, 5) is 25.1. The molecule has 2 bridgehead atoms. The Bertz CT molecular complexity index is 518. The van der Waals surface area contributed by atoms with Crippen molar-refractivity contribution in [2.75, 3.05) is 13.2 Å². The summed E-state index contributed by atoms with van der Waals surface area (Å²) >= 11 is 0. The Balaban J connectivity index is 2.26. The van der Waals surface area contributed by atoms with Crippen LogP contribution in [0.3, 0.4) is 0 Å². The lowest BCUT2D eigenvalue weighted by Gasteiger charge is -2.21. The maximum absolute atomic E-state index is 12.5. The summed E-state index contributed by atoms with van der Waals surface area (Å²) in [5.74, 6) is -0.132. The molecule has 0 amide bonds. The zero-order chi connectivity index (χ0) is 17.3. The van der Waals surface area contributed by atoms with Crippen molar-refractivity contribution >= 4 is 11.9 Å². The fourth-order valence-corrected chi connectivity index (χ4v) is 3.33. The topological polar surface area (TPSA) is 52.6 Å². The molecule has 2 atom stereocenters. The molecular weight excluding hydrogens is 292 g/mol. The number of ether oxygens (including phenoxy) is 2. The fourth-order valence-electron chi connectivity index (χ4n) is 3.33. The Hall–Kier alpha value is -1.58. The van der Waals surface area contributed by atoms with Gasteiger partial charge in [0.1, 0.15) is 0 Å². The van der Waals surface area contributed by atoms with Crippen LogP contribution in [0.4, 0.5) is 0 Å². The Labute approximate surface area is 138 Å². The third-order valence-corrected chi connectivity index (χ3v) is 4.66. The van der Waals surface area contributed by atoms with Crippen molar-refractivity contribution in [3.63, 3.8) is 0 Å². The van der Waals surface area contributed by atoms with Gasteiger partial charge in [0.2, 0.25) is 0 Å². The molecule has 2 rings (SSSR count). The highest BCUT2D eigenvalue weighted by Gasteiger charge is 2.48. The van der Waals surface area contributed by atoms with Crippen LogP contribution >= 0.6 is 0 Å². The minimum Gasteiger partial charge on any atom is -0.462 e. The summed E-state index contributed by atoms with van der Waals surface area (Å²) in [5.41, 5.74) is 3.47. The molecule has 0 aromatic heterocycles. The molecule has 0 spiro atoms. The van der Waals surface area contributed by atoms with E-state index in [0.29, 0.717) is 24.4 Å². The van der Waals surface area contributed by atoms with Crippen LogP contribution in [0.5, 0.6) is 0 Å². The SMILES string of the molecule is CC1=C(C)C2CC1C(C(=O)OCC(C)C)=C2C(=O)OCC(C)C. The van der Waals surface area contributed by atoms with Gasteiger partial charge in [-0.05, 0) is 32.1 Å². The van der Waals surface area contributed by atoms with Crippen LogP contribution in [0.25, 0.3) is 0 Å². The number of esters is 2. The first-order valence-electron chi connectivity index (χ1n) is 8.49. The van der Waals surface area contributed by atoms with Gasteiger partial charge in [0.15, 0.2) is 0 Å². The predicted molar refractivity (Wildman–Crippen MR) is 88.6 cm³/mol. The second-order valence-electron chi connectivity index (χ2n) is 7.52. The van der Waals surface area contributed by atoms with Gasteiger partial charge in [-0.1, -0.05) is 38.8 Å². The van der Waals surface area contributed by atoms with Crippen molar-refractivity contribution in [1.82, 2.24) is 0 Å². The number of hydrogen-bond donors (Lipinski definition) is 0. The normalized spacial score (nSPS) is 23.3. The minimum atomic E-state index is -0.352.